The average Bonchev–Trinajstić information content (AvgIpc) is 2.43. The summed E-state index contributed by atoms with van der Waals surface area (Å²) < 4.78 is 0. The van der Waals surface area contributed by atoms with E-state index in [0.717, 1.165) is 24.0 Å². The van der Waals surface area contributed by atoms with Crippen LogP contribution in [0.3, 0.4) is 0 Å². The van der Waals surface area contributed by atoms with Gasteiger partial charge in [-0.05, 0) is 50.7 Å². The molecular weight excluding hydrogens is 252 g/mol. The van der Waals surface area contributed by atoms with Crippen LogP contribution in [0.4, 0.5) is 0 Å². The number of fused-ring (bicyclic) bond motifs is 1. The molecule has 2 rings (SSSR count). The summed E-state index contributed by atoms with van der Waals surface area (Å²) in [5, 5.41) is 0. The van der Waals surface area contributed by atoms with E-state index in [1.54, 1.807) is 0 Å². The Bertz CT molecular complexity index is 269. The van der Waals surface area contributed by atoms with Gasteiger partial charge in [0.05, 0.1) is 0 Å². The smallest absolute Gasteiger partial charge is 0.0249 e. The number of hydrogen-bond acceptors (Lipinski definition) is 3. The lowest BCUT2D eigenvalue weighted by molar-refractivity contribution is -0.0268. The number of nitrogens with zero attached hydrogens (tertiary/aromatic N) is 2. The molecule has 0 aliphatic carbocycles. The largest absolute Gasteiger partial charge is 0.298 e. The summed E-state index contributed by atoms with van der Waals surface area (Å²) in [5.41, 5.74) is 0. The molecule has 2 nitrogen and oxygen atoms in total. The molecule has 3 atom stereocenters. The lowest BCUT2D eigenvalue weighted by atomic mass is 9.90. The van der Waals surface area contributed by atoms with Gasteiger partial charge in [0.2, 0.25) is 0 Å². The lowest BCUT2D eigenvalue weighted by Crippen LogP contribution is -2.62. The van der Waals surface area contributed by atoms with Crippen LogP contribution in [-0.2, 0) is 0 Å². The van der Waals surface area contributed by atoms with E-state index in [0.29, 0.717) is 0 Å². The first-order valence-corrected chi connectivity index (χ1v) is 9.51. The molecule has 19 heavy (non-hydrogen) atoms. The summed E-state index contributed by atoms with van der Waals surface area (Å²) in [6.07, 6.45) is 7.86. The fraction of sp³-hybridized carbons (Fsp3) is 1.00. The predicted octanol–water partition coefficient (Wildman–Crippen LogP) is 3.32. The van der Waals surface area contributed by atoms with Crippen molar-refractivity contribution in [2.24, 2.45) is 5.92 Å². The van der Waals surface area contributed by atoms with Crippen molar-refractivity contribution in [1.29, 1.82) is 0 Å². The first-order valence-electron chi connectivity index (χ1n) is 8.12. The standard InChI is InChI=1S/C16H32N2S/c1-13(2)16-12-17-9-6-5-7-15(17)11-18(16)14(3)8-10-19-4/h13-16H,5-12H2,1-4H3. The molecule has 0 spiro atoms. The summed E-state index contributed by atoms with van der Waals surface area (Å²) in [5.74, 6) is 2.08. The van der Waals surface area contributed by atoms with Gasteiger partial charge in [-0.2, -0.15) is 11.8 Å². The Morgan fingerprint density at radius 2 is 1.95 bits per heavy atom. The van der Waals surface area contributed by atoms with Gasteiger partial charge in [-0.1, -0.05) is 20.3 Å². The zero-order valence-electron chi connectivity index (χ0n) is 13.3. The molecule has 0 saturated carbocycles. The molecule has 2 aliphatic heterocycles. The first kappa shape index (κ1) is 15.7. The highest BCUT2D eigenvalue weighted by atomic mass is 32.2. The number of hydrogen-bond donors (Lipinski definition) is 0. The highest BCUT2D eigenvalue weighted by molar-refractivity contribution is 7.98. The molecule has 2 fully saturated rings. The van der Waals surface area contributed by atoms with Crippen LogP contribution in [0.15, 0.2) is 0 Å². The van der Waals surface area contributed by atoms with E-state index in [9.17, 15) is 0 Å². The molecule has 0 bridgehead atoms. The van der Waals surface area contributed by atoms with Crippen LogP contribution in [0.1, 0.15) is 46.5 Å². The summed E-state index contributed by atoms with van der Waals surface area (Å²) in [7, 11) is 0. The van der Waals surface area contributed by atoms with Crippen molar-refractivity contribution >= 4 is 11.8 Å². The third kappa shape index (κ3) is 3.89. The molecule has 0 N–H and O–H groups in total. The van der Waals surface area contributed by atoms with Gasteiger partial charge in [-0.15, -0.1) is 0 Å². The average molecular weight is 285 g/mol. The van der Waals surface area contributed by atoms with Gasteiger partial charge in [0.15, 0.2) is 0 Å². The van der Waals surface area contributed by atoms with Crippen molar-refractivity contribution in [3.05, 3.63) is 0 Å². The molecule has 0 aromatic heterocycles. The third-order valence-corrected chi connectivity index (χ3v) is 5.74. The van der Waals surface area contributed by atoms with Gasteiger partial charge in [0, 0.05) is 31.2 Å². The minimum Gasteiger partial charge on any atom is -0.298 e. The quantitative estimate of drug-likeness (QED) is 0.765. The Kier molecular flexibility index (Phi) is 6.04. The maximum Gasteiger partial charge on any atom is 0.0249 e. The number of piperidine rings is 1. The molecule has 0 aromatic carbocycles. The predicted molar refractivity (Wildman–Crippen MR) is 87.0 cm³/mol. The SMILES string of the molecule is CSCCC(C)N1CC2CCCCN2CC1C(C)C. The molecule has 2 aliphatic rings. The van der Waals surface area contributed by atoms with Crippen LogP contribution >= 0.6 is 11.8 Å². The van der Waals surface area contributed by atoms with Crippen LogP contribution in [0.25, 0.3) is 0 Å². The fourth-order valence-corrected chi connectivity index (χ4v) is 4.36. The summed E-state index contributed by atoms with van der Waals surface area (Å²) in [6.45, 7) is 11.2. The molecule has 0 amide bonds. The summed E-state index contributed by atoms with van der Waals surface area (Å²) >= 11 is 1.99. The molecular formula is C16H32N2S. The minimum atomic E-state index is 0.754. The summed E-state index contributed by atoms with van der Waals surface area (Å²) in [6, 6.07) is 2.37. The van der Waals surface area contributed by atoms with Crippen LogP contribution in [0.2, 0.25) is 0 Å². The molecule has 2 saturated heterocycles. The zero-order valence-corrected chi connectivity index (χ0v) is 14.1. The highest BCUT2D eigenvalue weighted by Gasteiger charge is 2.37. The van der Waals surface area contributed by atoms with E-state index in [1.807, 2.05) is 11.8 Å². The van der Waals surface area contributed by atoms with Gasteiger partial charge in [-0.25, -0.2) is 0 Å². The normalized spacial score (nSPS) is 31.4. The number of rotatable bonds is 5. The lowest BCUT2D eigenvalue weighted by Gasteiger charge is -2.51. The monoisotopic (exact) mass is 284 g/mol. The van der Waals surface area contributed by atoms with Crippen molar-refractivity contribution in [2.75, 3.05) is 31.6 Å². The third-order valence-electron chi connectivity index (χ3n) is 5.09. The van der Waals surface area contributed by atoms with Crippen LogP contribution < -0.4 is 0 Å². The molecule has 3 unspecified atom stereocenters. The van der Waals surface area contributed by atoms with Gasteiger partial charge < -0.3 is 0 Å². The second-order valence-corrected chi connectivity index (χ2v) is 7.77. The Morgan fingerprint density at radius 3 is 2.63 bits per heavy atom. The molecule has 3 heteroatoms. The van der Waals surface area contributed by atoms with Crippen molar-refractivity contribution in [3.8, 4) is 0 Å². The van der Waals surface area contributed by atoms with Crippen LogP contribution in [-0.4, -0.2) is 59.6 Å². The van der Waals surface area contributed by atoms with Gasteiger partial charge in [0.25, 0.3) is 0 Å². The van der Waals surface area contributed by atoms with E-state index in [1.165, 1.54) is 51.1 Å². The van der Waals surface area contributed by atoms with E-state index < -0.39 is 0 Å². The summed E-state index contributed by atoms with van der Waals surface area (Å²) in [4.78, 5) is 5.62. The maximum atomic E-state index is 2.84. The Morgan fingerprint density at radius 1 is 1.16 bits per heavy atom. The van der Waals surface area contributed by atoms with Crippen LogP contribution in [0, 0.1) is 5.92 Å². The molecule has 0 aromatic rings. The minimum absolute atomic E-state index is 0.754. The van der Waals surface area contributed by atoms with Gasteiger partial charge in [-0.3, -0.25) is 9.80 Å². The Labute approximate surface area is 124 Å². The van der Waals surface area contributed by atoms with E-state index in [2.05, 4.69) is 36.8 Å². The van der Waals surface area contributed by atoms with Gasteiger partial charge in [0.1, 0.15) is 0 Å². The Balaban J connectivity index is 2.01. The van der Waals surface area contributed by atoms with Crippen molar-refractivity contribution in [2.45, 2.75) is 64.6 Å². The second-order valence-electron chi connectivity index (χ2n) is 6.78. The number of piperazine rings is 1. The zero-order chi connectivity index (χ0) is 13.8. The van der Waals surface area contributed by atoms with E-state index in [4.69, 9.17) is 0 Å². The van der Waals surface area contributed by atoms with Gasteiger partial charge >= 0.3 is 0 Å². The van der Waals surface area contributed by atoms with E-state index >= 15 is 0 Å². The fourth-order valence-electron chi connectivity index (χ4n) is 3.79. The maximum absolute atomic E-state index is 2.84. The molecule has 2 heterocycles. The van der Waals surface area contributed by atoms with Crippen LogP contribution in [0.5, 0.6) is 0 Å². The van der Waals surface area contributed by atoms with Crippen molar-refractivity contribution < 1.29 is 0 Å². The highest BCUT2D eigenvalue weighted by Crippen LogP contribution is 2.29. The molecule has 112 valence electrons. The topological polar surface area (TPSA) is 6.48 Å². The Hall–Kier alpha value is 0.270. The molecule has 0 radical (unpaired) electrons. The second kappa shape index (κ2) is 7.33. The van der Waals surface area contributed by atoms with E-state index in [-0.39, 0.29) is 0 Å². The first-order chi connectivity index (χ1) is 9.13. The van der Waals surface area contributed by atoms with Crippen molar-refractivity contribution in [1.82, 2.24) is 9.80 Å². The number of thioether (sulfide) groups is 1. The van der Waals surface area contributed by atoms with Crippen molar-refractivity contribution in [3.63, 3.8) is 0 Å².